The monoisotopic (exact) mass is 377 g/mol. The number of nitrogens with two attached hydrogens (primary N) is 1. The van der Waals surface area contributed by atoms with E-state index in [4.69, 9.17) is 22.1 Å². The number of pyridine rings is 1. The van der Waals surface area contributed by atoms with E-state index in [1.165, 1.54) is 46.0 Å². The van der Waals surface area contributed by atoms with Crippen molar-refractivity contribution in [3.63, 3.8) is 0 Å². The van der Waals surface area contributed by atoms with Crippen LogP contribution in [0.25, 0.3) is 0 Å². The van der Waals surface area contributed by atoms with Crippen molar-refractivity contribution in [2.75, 3.05) is 5.88 Å². The van der Waals surface area contributed by atoms with Crippen LogP contribution in [0, 0.1) is 0 Å². The largest absolute Gasteiger partial charge is 0.456 e. The third-order valence-electron chi connectivity index (χ3n) is 2.89. The van der Waals surface area contributed by atoms with Crippen LogP contribution in [0.3, 0.4) is 0 Å². The van der Waals surface area contributed by atoms with E-state index >= 15 is 0 Å². The van der Waals surface area contributed by atoms with E-state index in [1.54, 1.807) is 0 Å². The highest BCUT2D eigenvalue weighted by molar-refractivity contribution is 7.89. The highest BCUT2D eigenvalue weighted by Crippen LogP contribution is 2.30. The molecule has 134 valence electrons. The minimum absolute atomic E-state index is 0.0678. The summed E-state index contributed by atoms with van der Waals surface area (Å²) in [5.74, 6) is -0.810. The van der Waals surface area contributed by atoms with E-state index in [0.717, 1.165) is 0 Å². The molecule has 1 rings (SSSR count). The first kappa shape index (κ1) is 20.2. The van der Waals surface area contributed by atoms with Crippen LogP contribution in [0.5, 0.6) is 0 Å². The van der Waals surface area contributed by atoms with Crippen molar-refractivity contribution in [2.24, 2.45) is 5.73 Å². The first-order valence-corrected chi connectivity index (χ1v) is 8.93. The van der Waals surface area contributed by atoms with Crippen molar-refractivity contribution in [1.82, 2.24) is 9.29 Å². The summed E-state index contributed by atoms with van der Waals surface area (Å²) < 4.78 is 31.4. The average Bonchev–Trinajstić information content (AvgIpc) is 2.42. The predicted octanol–water partition coefficient (Wildman–Crippen LogP) is 1.79. The van der Waals surface area contributed by atoms with Crippen LogP contribution in [0.4, 0.5) is 4.79 Å². The van der Waals surface area contributed by atoms with Gasteiger partial charge in [-0.3, -0.25) is 4.79 Å². The summed E-state index contributed by atoms with van der Waals surface area (Å²) in [5.41, 5.74) is 4.21. The van der Waals surface area contributed by atoms with Gasteiger partial charge in [0.25, 0.3) is 10.0 Å². The van der Waals surface area contributed by atoms with Gasteiger partial charge in [0.1, 0.15) is 6.10 Å². The number of nitrogens with zero attached hydrogens (tertiary/aromatic N) is 2. The Morgan fingerprint density at radius 1 is 1.42 bits per heavy atom. The van der Waals surface area contributed by atoms with Crippen LogP contribution < -0.4 is 5.73 Å². The van der Waals surface area contributed by atoms with Gasteiger partial charge < -0.3 is 10.5 Å². The van der Waals surface area contributed by atoms with Crippen LogP contribution in [0.1, 0.15) is 39.4 Å². The lowest BCUT2D eigenvalue weighted by atomic mass is 10.1. The Balaban J connectivity index is 3.56. The molecule has 0 aliphatic rings. The van der Waals surface area contributed by atoms with Crippen molar-refractivity contribution in [2.45, 2.75) is 44.4 Å². The molecule has 0 saturated carbocycles. The second-order valence-electron chi connectivity index (χ2n) is 5.93. The molecule has 0 aliphatic carbocycles. The van der Waals surface area contributed by atoms with Gasteiger partial charge in [0.05, 0.1) is 11.4 Å². The van der Waals surface area contributed by atoms with E-state index < -0.39 is 38.7 Å². The number of hydrogen-bond acceptors (Lipinski definition) is 6. The van der Waals surface area contributed by atoms with Gasteiger partial charge in [-0.1, -0.05) is 6.07 Å². The number of halogens is 1. The van der Waals surface area contributed by atoms with Crippen LogP contribution in [0.2, 0.25) is 0 Å². The highest BCUT2D eigenvalue weighted by Gasteiger charge is 2.40. The molecule has 0 aliphatic heterocycles. The standard InChI is InChI=1S/C14H20ClN3O5S/c1-9(19)23-11(8-15)10-6-5-7-17-12(10)24(21,22)18(13(16)20)14(2,3)4/h5-7,11H,8H2,1-4H3,(H2,16,20). The molecule has 2 N–H and O–H groups in total. The summed E-state index contributed by atoms with van der Waals surface area (Å²) in [7, 11) is -4.38. The molecule has 1 aromatic rings. The topological polar surface area (TPSA) is 120 Å². The number of hydrogen-bond donors (Lipinski definition) is 1. The fourth-order valence-electron chi connectivity index (χ4n) is 2.14. The normalized spacial score (nSPS) is 13.2. The van der Waals surface area contributed by atoms with E-state index in [-0.39, 0.29) is 11.4 Å². The van der Waals surface area contributed by atoms with Crippen molar-refractivity contribution >= 4 is 33.6 Å². The van der Waals surface area contributed by atoms with Gasteiger partial charge in [-0.2, -0.15) is 8.42 Å². The molecule has 0 fully saturated rings. The fourth-order valence-corrected chi connectivity index (χ4v) is 4.19. The number of sulfonamides is 1. The lowest BCUT2D eigenvalue weighted by Gasteiger charge is -2.33. The van der Waals surface area contributed by atoms with Crippen molar-refractivity contribution in [1.29, 1.82) is 0 Å². The Kier molecular flexibility index (Phi) is 6.18. The average molecular weight is 378 g/mol. The summed E-state index contributed by atoms with van der Waals surface area (Å²) >= 11 is 5.80. The summed E-state index contributed by atoms with van der Waals surface area (Å²) in [5, 5.41) is -0.439. The number of carbonyl (C=O) groups excluding carboxylic acids is 2. The number of aromatic nitrogens is 1. The molecule has 1 atom stereocenters. The number of primary amides is 1. The van der Waals surface area contributed by atoms with Crippen molar-refractivity contribution < 1.29 is 22.7 Å². The Morgan fingerprint density at radius 2 is 2.00 bits per heavy atom. The quantitative estimate of drug-likeness (QED) is 0.617. The van der Waals surface area contributed by atoms with E-state index in [0.29, 0.717) is 4.31 Å². The first-order chi connectivity index (χ1) is 10.9. The van der Waals surface area contributed by atoms with Crippen LogP contribution in [-0.4, -0.2) is 41.1 Å². The zero-order chi connectivity index (χ0) is 18.7. The molecule has 8 nitrogen and oxygen atoms in total. The highest BCUT2D eigenvalue weighted by atomic mass is 35.5. The molecule has 24 heavy (non-hydrogen) atoms. The lowest BCUT2D eigenvalue weighted by Crippen LogP contribution is -2.52. The van der Waals surface area contributed by atoms with E-state index in [9.17, 15) is 18.0 Å². The molecular formula is C14H20ClN3O5S. The number of esters is 1. The number of amides is 2. The van der Waals surface area contributed by atoms with E-state index in [2.05, 4.69) is 4.98 Å². The molecule has 0 aromatic carbocycles. The second kappa shape index (κ2) is 7.35. The molecule has 1 heterocycles. The molecule has 0 spiro atoms. The van der Waals surface area contributed by atoms with Gasteiger partial charge >= 0.3 is 12.0 Å². The van der Waals surface area contributed by atoms with Gasteiger partial charge in [-0.05, 0) is 26.8 Å². The predicted molar refractivity (Wildman–Crippen MR) is 87.8 cm³/mol. The van der Waals surface area contributed by atoms with Crippen LogP contribution >= 0.6 is 11.6 Å². The third-order valence-corrected chi connectivity index (χ3v) is 5.21. The Hall–Kier alpha value is -1.87. The number of alkyl halides is 1. The Morgan fingerprint density at radius 3 is 2.42 bits per heavy atom. The summed E-state index contributed by atoms with van der Waals surface area (Å²) in [6.45, 7) is 5.73. The van der Waals surface area contributed by atoms with Gasteiger partial charge in [0, 0.05) is 18.7 Å². The van der Waals surface area contributed by atoms with Crippen molar-refractivity contribution in [3.05, 3.63) is 23.9 Å². The van der Waals surface area contributed by atoms with Gasteiger partial charge in [-0.25, -0.2) is 14.1 Å². The number of urea groups is 1. The maximum Gasteiger partial charge on any atom is 0.329 e. The van der Waals surface area contributed by atoms with Crippen LogP contribution in [-0.2, 0) is 19.6 Å². The molecule has 2 amide bonds. The van der Waals surface area contributed by atoms with Crippen LogP contribution in [0.15, 0.2) is 23.4 Å². The number of carbonyl (C=O) groups is 2. The Labute approximate surface area is 146 Å². The zero-order valence-electron chi connectivity index (χ0n) is 13.8. The summed E-state index contributed by atoms with van der Waals surface area (Å²) in [4.78, 5) is 26.8. The Bertz CT molecular complexity index is 730. The minimum Gasteiger partial charge on any atom is -0.456 e. The molecule has 0 bridgehead atoms. The molecule has 1 aromatic heterocycles. The number of ether oxygens (including phenoxy) is 1. The first-order valence-electron chi connectivity index (χ1n) is 6.96. The van der Waals surface area contributed by atoms with Gasteiger partial charge in [0.2, 0.25) is 0 Å². The van der Waals surface area contributed by atoms with Crippen molar-refractivity contribution in [3.8, 4) is 0 Å². The lowest BCUT2D eigenvalue weighted by molar-refractivity contribution is -0.145. The van der Waals surface area contributed by atoms with E-state index in [1.807, 2.05) is 0 Å². The molecular weight excluding hydrogens is 358 g/mol. The molecule has 10 heteroatoms. The molecule has 1 unspecified atom stereocenters. The smallest absolute Gasteiger partial charge is 0.329 e. The SMILES string of the molecule is CC(=O)OC(CCl)c1cccnc1S(=O)(=O)N(C(N)=O)C(C)(C)C. The molecule has 0 saturated heterocycles. The molecule has 0 radical (unpaired) electrons. The minimum atomic E-state index is -4.38. The number of rotatable bonds is 5. The van der Waals surface area contributed by atoms with Gasteiger partial charge in [0.15, 0.2) is 5.03 Å². The maximum atomic E-state index is 12.9. The fraction of sp³-hybridized carbons (Fsp3) is 0.500. The second-order valence-corrected chi connectivity index (χ2v) is 7.94. The third kappa shape index (κ3) is 4.35. The summed E-state index contributed by atoms with van der Waals surface area (Å²) in [6, 6.07) is 1.75. The van der Waals surface area contributed by atoms with Gasteiger partial charge in [-0.15, -0.1) is 11.6 Å². The summed E-state index contributed by atoms with van der Waals surface area (Å²) in [6.07, 6.45) is 0.217. The maximum absolute atomic E-state index is 12.9. The zero-order valence-corrected chi connectivity index (χ0v) is 15.4.